The van der Waals surface area contributed by atoms with E-state index in [1.807, 2.05) is 30.5 Å². The highest BCUT2D eigenvalue weighted by Crippen LogP contribution is 2.44. The summed E-state index contributed by atoms with van der Waals surface area (Å²) in [4.78, 5) is 28.7. The Bertz CT molecular complexity index is 735. The van der Waals surface area contributed by atoms with Crippen molar-refractivity contribution in [3.63, 3.8) is 0 Å². The standard InChI is InChI=1S/C19H24N4O2S/c1-14(2)17(24)23-10-11-26-19(23)6-8-22(9-7-19)18(25)21-16-5-3-4-15(12-16)13-20/h3-5,12,14H,6-11H2,1-2H3,(H,21,25). The second kappa shape index (κ2) is 7.58. The van der Waals surface area contributed by atoms with Crippen LogP contribution in [0.15, 0.2) is 24.3 Å². The van der Waals surface area contributed by atoms with Gasteiger partial charge in [-0.05, 0) is 31.0 Å². The lowest BCUT2D eigenvalue weighted by molar-refractivity contribution is -0.137. The third kappa shape index (κ3) is 3.65. The normalized spacial score (nSPS) is 18.8. The summed E-state index contributed by atoms with van der Waals surface area (Å²) >= 11 is 1.85. The molecule has 1 aromatic carbocycles. The molecule has 6 nitrogen and oxygen atoms in total. The van der Waals surface area contributed by atoms with E-state index in [0.29, 0.717) is 24.3 Å². The van der Waals surface area contributed by atoms with E-state index in [-0.39, 0.29) is 22.7 Å². The fourth-order valence-electron chi connectivity index (χ4n) is 3.57. The molecule has 0 radical (unpaired) electrons. The number of hydrogen-bond donors (Lipinski definition) is 1. The summed E-state index contributed by atoms with van der Waals surface area (Å²) in [5.74, 6) is 1.17. The van der Waals surface area contributed by atoms with Crippen LogP contribution in [0.3, 0.4) is 0 Å². The molecule has 7 heteroatoms. The first-order valence-corrected chi connectivity index (χ1v) is 9.95. The van der Waals surface area contributed by atoms with Crippen molar-refractivity contribution in [2.24, 2.45) is 5.92 Å². The Balaban J connectivity index is 1.62. The number of amides is 3. The molecule has 1 aromatic rings. The van der Waals surface area contributed by atoms with Crippen LogP contribution < -0.4 is 5.32 Å². The van der Waals surface area contributed by atoms with E-state index in [1.165, 1.54) is 0 Å². The monoisotopic (exact) mass is 372 g/mol. The SMILES string of the molecule is CC(C)C(=O)N1CCSC12CCN(C(=O)Nc1cccc(C#N)c1)CC2. The summed E-state index contributed by atoms with van der Waals surface area (Å²) in [7, 11) is 0. The van der Waals surface area contributed by atoms with E-state index >= 15 is 0 Å². The number of urea groups is 1. The van der Waals surface area contributed by atoms with Gasteiger partial charge in [0.25, 0.3) is 0 Å². The summed E-state index contributed by atoms with van der Waals surface area (Å²) in [5.41, 5.74) is 1.15. The number of rotatable bonds is 2. The predicted octanol–water partition coefficient (Wildman–Crippen LogP) is 3.11. The van der Waals surface area contributed by atoms with Crippen molar-refractivity contribution in [1.29, 1.82) is 5.26 Å². The lowest BCUT2D eigenvalue weighted by atomic mass is 10.0. The van der Waals surface area contributed by atoms with Crippen molar-refractivity contribution in [1.82, 2.24) is 9.80 Å². The molecule has 0 bridgehead atoms. The molecule has 3 rings (SSSR count). The number of benzene rings is 1. The van der Waals surface area contributed by atoms with Crippen LogP contribution in [0.5, 0.6) is 0 Å². The Morgan fingerprint density at radius 3 is 2.65 bits per heavy atom. The van der Waals surface area contributed by atoms with Gasteiger partial charge in [0.1, 0.15) is 0 Å². The largest absolute Gasteiger partial charge is 0.327 e. The molecular weight excluding hydrogens is 348 g/mol. The van der Waals surface area contributed by atoms with Crippen molar-refractivity contribution in [3.8, 4) is 6.07 Å². The molecule has 0 aromatic heterocycles. The number of likely N-dealkylation sites (tertiary alicyclic amines) is 1. The second-order valence-electron chi connectivity index (χ2n) is 7.05. The Morgan fingerprint density at radius 2 is 2.00 bits per heavy atom. The van der Waals surface area contributed by atoms with Gasteiger partial charge in [-0.3, -0.25) is 4.79 Å². The third-order valence-corrected chi connectivity index (χ3v) is 6.57. The maximum absolute atomic E-state index is 12.5. The van der Waals surface area contributed by atoms with Gasteiger partial charge >= 0.3 is 6.03 Å². The minimum atomic E-state index is -0.154. The molecule has 3 amide bonds. The van der Waals surface area contributed by atoms with E-state index < -0.39 is 0 Å². The first kappa shape index (κ1) is 18.6. The van der Waals surface area contributed by atoms with Crippen molar-refractivity contribution in [2.45, 2.75) is 31.6 Å². The zero-order chi connectivity index (χ0) is 18.7. The van der Waals surface area contributed by atoms with E-state index in [0.717, 1.165) is 25.1 Å². The number of hydrogen-bond acceptors (Lipinski definition) is 4. The van der Waals surface area contributed by atoms with Crippen LogP contribution in [0.1, 0.15) is 32.3 Å². The van der Waals surface area contributed by atoms with Crippen LogP contribution in [0.2, 0.25) is 0 Å². The van der Waals surface area contributed by atoms with E-state index in [2.05, 4.69) is 11.4 Å². The molecule has 1 spiro atoms. The first-order chi connectivity index (χ1) is 12.4. The van der Waals surface area contributed by atoms with Crippen molar-refractivity contribution in [2.75, 3.05) is 30.7 Å². The molecule has 2 saturated heterocycles. The average molecular weight is 372 g/mol. The smallest absolute Gasteiger partial charge is 0.321 e. The Labute approximate surface area is 158 Å². The number of carbonyl (C=O) groups excluding carboxylic acids is 2. The Morgan fingerprint density at radius 1 is 1.27 bits per heavy atom. The number of piperidine rings is 1. The van der Waals surface area contributed by atoms with Gasteiger partial charge in [-0.1, -0.05) is 19.9 Å². The van der Waals surface area contributed by atoms with Crippen LogP contribution >= 0.6 is 11.8 Å². The Kier molecular flexibility index (Phi) is 5.42. The van der Waals surface area contributed by atoms with Crippen LogP contribution in [-0.4, -0.2) is 52.0 Å². The summed E-state index contributed by atoms with van der Waals surface area (Å²) < 4.78 is 0. The molecule has 2 heterocycles. The molecule has 0 unspecified atom stereocenters. The molecule has 0 saturated carbocycles. The van der Waals surface area contributed by atoms with Gasteiger partial charge in [0.2, 0.25) is 5.91 Å². The van der Waals surface area contributed by atoms with Gasteiger partial charge in [0.15, 0.2) is 0 Å². The summed E-state index contributed by atoms with van der Waals surface area (Å²) in [6, 6.07) is 8.82. The van der Waals surface area contributed by atoms with Gasteiger partial charge < -0.3 is 15.1 Å². The minimum Gasteiger partial charge on any atom is -0.327 e. The maximum Gasteiger partial charge on any atom is 0.321 e. The maximum atomic E-state index is 12.5. The second-order valence-corrected chi connectivity index (χ2v) is 8.51. The van der Waals surface area contributed by atoms with Gasteiger partial charge in [-0.2, -0.15) is 5.26 Å². The number of anilines is 1. The lowest BCUT2D eigenvalue weighted by Gasteiger charge is -2.44. The minimum absolute atomic E-state index is 0.000635. The van der Waals surface area contributed by atoms with Crippen LogP contribution in [0.4, 0.5) is 10.5 Å². The predicted molar refractivity (Wildman–Crippen MR) is 103 cm³/mol. The number of thioether (sulfide) groups is 1. The number of nitriles is 1. The Hall–Kier alpha value is -2.20. The molecule has 2 aliphatic rings. The summed E-state index contributed by atoms with van der Waals surface area (Å²) in [6.45, 7) is 5.93. The number of nitrogens with zero attached hydrogens (tertiary/aromatic N) is 3. The van der Waals surface area contributed by atoms with Gasteiger partial charge in [-0.25, -0.2) is 4.79 Å². The summed E-state index contributed by atoms with van der Waals surface area (Å²) in [5, 5.41) is 11.8. The number of carbonyl (C=O) groups is 2. The molecule has 138 valence electrons. The number of nitrogens with one attached hydrogen (secondary N) is 1. The van der Waals surface area contributed by atoms with Crippen LogP contribution in [0.25, 0.3) is 0 Å². The highest BCUT2D eigenvalue weighted by atomic mass is 32.2. The zero-order valence-electron chi connectivity index (χ0n) is 15.2. The van der Waals surface area contributed by atoms with E-state index in [1.54, 1.807) is 29.2 Å². The highest BCUT2D eigenvalue weighted by Gasteiger charge is 2.47. The first-order valence-electron chi connectivity index (χ1n) is 8.97. The molecule has 2 fully saturated rings. The fourth-order valence-corrected chi connectivity index (χ4v) is 5.04. The molecule has 2 aliphatic heterocycles. The molecular formula is C19H24N4O2S. The van der Waals surface area contributed by atoms with Crippen LogP contribution in [0, 0.1) is 17.2 Å². The third-order valence-electron chi connectivity index (χ3n) is 5.01. The average Bonchev–Trinajstić information content (AvgIpc) is 3.04. The fraction of sp³-hybridized carbons (Fsp3) is 0.526. The lowest BCUT2D eigenvalue weighted by Crippen LogP contribution is -2.55. The van der Waals surface area contributed by atoms with E-state index in [9.17, 15) is 9.59 Å². The summed E-state index contributed by atoms with van der Waals surface area (Å²) in [6.07, 6.45) is 1.59. The highest BCUT2D eigenvalue weighted by molar-refractivity contribution is 8.00. The van der Waals surface area contributed by atoms with Gasteiger partial charge in [-0.15, -0.1) is 11.8 Å². The molecule has 26 heavy (non-hydrogen) atoms. The van der Waals surface area contributed by atoms with Crippen molar-refractivity contribution < 1.29 is 9.59 Å². The molecule has 1 N–H and O–H groups in total. The van der Waals surface area contributed by atoms with Crippen molar-refractivity contribution in [3.05, 3.63) is 29.8 Å². The molecule has 0 atom stereocenters. The van der Waals surface area contributed by atoms with Crippen molar-refractivity contribution >= 4 is 29.4 Å². The quantitative estimate of drug-likeness (QED) is 0.865. The van der Waals surface area contributed by atoms with Gasteiger partial charge in [0, 0.05) is 37.0 Å². The molecule has 0 aliphatic carbocycles. The van der Waals surface area contributed by atoms with E-state index in [4.69, 9.17) is 5.26 Å². The van der Waals surface area contributed by atoms with Crippen LogP contribution in [-0.2, 0) is 4.79 Å². The zero-order valence-corrected chi connectivity index (χ0v) is 16.0. The van der Waals surface area contributed by atoms with Gasteiger partial charge in [0.05, 0.1) is 16.5 Å². The topological polar surface area (TPSA) is 76.4 Å².